The van der Waals surface area contributed by atoms with Gasteiger partial charge in [0.05, 0.1) is 6.61 Å². The number of hydrogen-bond acceptors (Lipinski definition) is 4. The second-order valence-electron chi connectivity index (χ2n) is 4.43. The molecule has 2 aromatic rings. The highest BCUT2D eigenvalue weighted by atomic mass is 16.6. The van der Waals surface area contributed by atoms with Gasteiger partial charge in [0.15, 0.2) is 6.10 Å². The molecule has 5 nitrogen and oxygen atoms in total. The molecule has 6 heteroatoms. The SMILES string of the molecule is O=C(O)C(OBOCc1ccccc1)c1cccc(O)c1. The van der Waals surface area contributed by atoms with E-state index in [-0.39, 0.29) is 13.4 Å². The summed E-state index contributed by atoms with van der Waals surface area (Å²) in [5.74, 6) is -1.14. The first-order valence-electron chi connectivity index (χ1n) is 6.42. The molecule has 2 rings (SSSR count). The Balaban J connectivity index is 1.88. The van der Waals surface area contributed by atoms with Crippen molar-refractivity contribution in [2.45, 2.75) is 12.7 Å². The molecule has 0 spiro atoms. The molecule has 0 heterocycles. The molecule has 0 bridgehead atoms. The molecule has 108 valence electrons. The van der Waals surface area contributed by atoms with Gasteiger partial charge in [-0.3, -0.25) is 0 Å². The van der Waals surface area contributed by atoms with Gasteiger partial charge >= 0.3 is 13.7 Å². The van der Waals surface area contributed by atoms with Gasteiger partial charge in [-0.15, -0.1) is 0 Å². The quantitative estimate of drug-likeness (QED) is 0.601. The smallest absolute Gasteiger partial charge is 0.439 e. The van der Waals surface area contributed by atoms with Crippen molar-refractivity contribution in [1.29, 1.82) is 0 Å². The minimum atomic E-state index is -1.17. The summed E-state index contributed by atoms with van der Waals surface area (Å²) < 4.78 is 10.5. The summed E-state index contributed by atoms with van der Waals surface area (Å²) in [4.78, 5) is 11.2. The van der Waals surface area contributed by atoms with Gasteiger partial charge < -0.3 is 19.5 Å². The van der Waals surface area contributed by atoms with Crippen molar-refractivity contribution >= 4 is 13.7 Å². The third-order valence-electron chi connectivity index (χ3n) is 2.83. The molecular weight excluding hydrogens is 271 g/mol. The summed E-state index contributed by atoms with van der Waals surface area (Å²) in [6.45, 7) is 0.340. The van der Waals surface area contributed by atoms with Crippen LogP contribution >= 0.6 is 0 Å². The standard InChI is InChI=1S/C15H15BO5/c17-13-8-4-7-12(9-13)14(15(18)19)21-16-20-10-11-5-2-1-3-6-11/h1-9,14,16-17H,10H2,(H,18,19). The summed E-state index contributed by atoms with van der Waals surface area (Å²) in [7, 11) is -0.151. The van der Waals surface area contributed by atoms with Crippen LogP contribution < -0.4 is 0 Å². The number of carboxylic acids is 1. The lowest BCUT2D eigenvalue weighted by atomic mass is 10.1. The van der Waals surface area contributed by atoms with Gasteiger partial charge in [0.2, 0.25) is 0 Å². The zero-order chi connectivity index (χ0) is 15.1. The lowest BCUT2D eigenvalue weighted by Gasteiger charge is -2.14. The van der Waals surface area contributed by atoms with Crippen LogP contribution in [0.4, 0.5) is 0 Å². The molecule has 0 saturated carbocycles. The Morgan fingerprint density at radius 1 is 1.14 bits per heavy atom. The predicted molar refractivity (Wildman–Crippen MR) is 77.9 cm³/mol. The molecular formula is C15H15BO5. The van der Waals surface area contributed by atoms with Crippen LogP contribution in [0.5, 0.6) is 5.75 Å². The van der Waals surface area contributed by atoms with Crippen LogP contribution in [0.15, 0.2) is 54.6 Å². The van der Waals surface area contributed by atoms with Gasteiger partial charge in [-0.1, -0.05) is 42.5 Å². The maximum Gasteiger partial charge on any atom is 0.439 e. The maximum absolute atomic E-state index is 11.2. The Hall–Kier alpha value is -2.31. The summed E-state index contributed by atoms with van der Waals surface area (Å²) in [5.41, 5.74) is 1.34. The van der Waals surface area contributed by atoms with Crippen LogP contribution in [0, 0.1) is 0 Å². The fourth-order valence-corrected chi connectivity index (χ4v) is 1.85. The molecule has 0 aliphatic rings. The molecule has 0 aliphatic carbocycles. The lowest BCUT2D eigenvalue weighted by molar-refractivity contribution is -0.146. The van der Waals surface area contributed by atoms with E-state index in [1.807, 2.05) is 30.3 Å². The number of phenolic OH excluding ortho intramolecular Hbond substituents is 1. The number of phenols is 1. The van der Waals surface area contributed by atoms with Crippen molar-refractivity contribution in [3.05, 3.63) is 65.7 Å². The van der Waals surface area contributed by atoms with Crippen LogP contribution in [-0.4, -0.2) is 23.9 Å². The van der Waals surface area contributed by atoms with Crippen LogP contribution in [0.1, 0.15) is 17.2 Å². The van der Waals surface area contributed by atoms with Crippen molar-refractivity contribution in [2.75, 3.05) is 0 Å². The Bertz CT molecular complexity index is 588. The Morgan fingerprint density at radius 2 is 1.90 bits per heavy atom. The minimum absolute atomic E-state index is 0.00689. The molecule has 2 N–H and O–H groups in total. The average molecular weight is 286 g/mol. The Kier molecular flexibility index (Phi) is 5.37. The third-order valence-corrected chi connectivity index (χ3v) is 2.83. The predicted octanol–water partition coefficient (Wildman–Crippen LogP) is 2.02. The second-order valence-corrected chi connectivity index (χ2v) is 4.43. The number of aliphatic carboxylic acids is 1. The van der Waals surface area contributed by atoms with Crippen LogP contribution in [-0.2, 0) is 20.7 Å². The van der Waals surface area contributed by atoms with Crippen molar-refractivity contribution < 1.29 is 24.3 Å². The first-order valence-corrected chi connectivity index (χ1v) is 6.42. The number of carbonyl (C=O) groups is 1. The third kappa shape index (κ3) is 4.63. The number of hydrogen-bond donors (Lipinski definition) is 2. The first kappa shape index (κ1) is 15.1. The van der Waals surface area contributed by atoms with Crippen molar-refractivity contribution in [3.8, 4) is 5.75 Å². The average Bonchev–Trinajstić information content (AvgIpc) is 2.48. The van der Waals surface area contributed by atoms with E-state index in [2.05, 4.69) is 0 Å². The number of rotatable bonds is 7. The van der Waals surface area contributed by atoms with Crippen LogP contribution in [0.2, 0.25) is 0 Å². The van der Waals surface area contributed by atoms with Gasteiger partial charge in [0, 0.05) is 0 Å². The largest absolute Gasteiger partial charge is 0.508 e. The van der Waals surface area contributed by atoms with Crippen molar-refractivity contribution in [1.82, 2.24) is 0 Å². The first-order chi connectivity index (χ1) is 10.2. The fraction of sp³-hybridized carbons (Fsp3) is 0.133. The molecule has 1 unspecified atom stereocenters. The highest BCUT2D eigenvalue weighted by Gasteiger charge is 2.21. The van der Waals surface area contributed by atoms with E-state index < -0.39 is 12.1 Å². The topological polar surface area (TPSA) is 76.0 Å². The van der Waals surface area contributed by atoms with Crippen molar-refractivity contribution in [2.24, 2.45) is 0 Å². The van der Waals surface area contributed by atoms with E-state index in [1.165, 1.54) is 12.1 Å². The summed E-state index contributed by atoms with van der Waals surface area (Å²) in [6, 6.07) is 15.5. The Morgan fingerprint density at radius 3 is 2.57 bits per heavy atom. The molecule has 1 atom stereocenters. The maximum atomic E-state index is 11.2. The molecule has 0 aliphatic heterocycles. The van der Waals surface area contributed by atoms with Gasteiger partial charge in [0.1, 0.15) is 5.75 Å². The van der Waals surface area contributed by atoms with E-state index >= 15 is 0 Å². The second kappa shape index (κ2) is 7.47. The summed E-state index contributed by atoms with van der Waals surface area (Å²) in [5, 5.41) is 18.6. The van der Waals surface area contributed by atoms with E-state index in [0.717, 1.165) is 5.56 Å². The zero-order valence-electron chi connectivity index (χ0n) is 11.3. The molecule has 2 aromatic carbocycles. The molecule has 0 radical (unpaired) electrons. The van der Waals surface area contributed by atoms with Gasteiger partial charge in [-0.2, -0.15) is 0 Å². The highest BCUT2D eigenvalue weighted by Crippen LogP contribution is 2.21. The van der Waals surface area contributed by atoms with E-state index in [9.17, 15) is 15.0 Å². The number of carboxylic acid groups (broad SMARTS) is 1. The van der Waals surface area contributed by atoms with Crippen LogP contribution in [0.25, 0.3) is 0 Å². The molecule has 21 heavy (non-hydrogen) atoms. The monoisotopic (exact) mass is 286 g/mol. The molecule has 0 amide bonds. The van der Waals surface area contributed by atoms with E-state index in [1.54, 1.807) is 12.1 Å². The lowest BCUT2D eigenvalue weighted by Crippen LogP contribution is -2.19. The zero-order valence-corrected chi connectivity index (χ0v) is 11.3. The van der Waals surface area contributed by atoms with Gasteiger partial charge in [0.25, 0.3) is 0 Å². The van der Waals surface area contributed by atoms with Crippen molar-refractivity contribution in [3.63, 3.8) is 0 Å². The van der Waals surface area contributed by atoms with Gasteiger partial charge in [-0.25, -0.2) is 4.79 Å². The fourth-order valence-electron chi connectivity index (χ4n) is 1.85. The number of aromatic hydroxyl groups is 1. The molecule has 0 saturated heterocycles. The normalized spacial score (nSPS) is 11.8. The number of benzene rings is 2. The highest BCUT2D eigenvalue weighted by molar-refractivity contribution is 6.18. The summed E-state index contributed by atoms with van der Waals surface area (Å²) in [6.07, 6.45) is -1.17. The van der Waals surface area contributed by atoms with Gasteiger partial charge in [-0.05, 0) is 23.3 Å². The minimum Gasteiger partial charge on any atom is -0.508 e. The summed E-state index contributed by atoms with van der Waals surface area (Å²) >= 11 is 0. The van der Waals surface area contributed by atoms with E-state index in [0.29, 0.717) is 12.2 Å². The Labute approximate surface area is 123 Å². The molecule has 0 aromatic heterocycles. The van der Waals surface area contributed by atoms with Crippen LogP contribution in [0.3, 0.4) is 0 Å². The molecule has 0 fully saturated rings. The van der Waals surface area contributed by atoms with E-state index in [4.69, 9.17) is 9.31 Å².